The molecule has 3 aromatic rings. The number of carbonyl (C=O) groups is 1. The predicted octanol–water partition coefficient (Wildman–Crippen LogP) is 3.33. The number of nitrogens with one attached hydrogen (secondary N) is 1. The second kappa shape index (κ2) is 5.28. The summed E-state index contributed by atoms with van der Waals surface area (Å²) in [4.78, 5) is 20.0. The Labute approximate surface area is 120 Å². The van der Waals surface area contributed by atoms with Gasteiger partial charge in [-0.1, -0.05) is 18.2 Å². The maximum absolute atomic E-state index is 13.5. The summed E-state index contributed by atoms with van der Waals surface area (Å²) in [6.45, 7) is 1.87. The number of aromatic nitrogens is 2. The first-order chi connectivity index (χ1) is 10.1. The monoisotopic (exact) mass is 281 g/mol. The number of hydrogen-bond acceptors (Lipinski definition) is 3. The van der Waals surface area contributed by atoms with Crippen LogP contribution in [0.15, 0.2) is 48.7 Å². The molecule has 0 radical (unpaired) electrons. The number of benzene rings is 1. The number of amides is 1. The van der Waals surface area contributed by atoms with E-state index in [9.17, 15) is 9.18 Å². The van der Waals surface area contributed by atoms with Crippen molar-refractivity contribution in [3.8, 4) is 0 Å². The Hall–Kier alpha value is -2.82. The van der Waals surface area contributed by atoms with Crippen LogP contribution in [0.4, 0.5) is 10.1 Å². The van der Waals surface area contributed by atoms with Gasteiger partial charge in [-0.2, -0.15) is 4.39 Å². The fourth-order valence-corrected chi connectivity index (χ4v) is 2.09. The van der Waals surface area contributed by atoms with Crippen molar-refractivity contribution in [1.82, 2.24) is 9.97 Å². The molecular weight excluding hydrogens is 269 g/mol. The molecule has 3 rings (SSSR count). The molecule has 2 aromatic heterocycles. The molecule has 0 aliphatic rings. The van der Waals surface area contributed by atoms with E-state index >= 15 is 0 Å². The van der Waals surface area contributed by atoms with Crippen LogP contribution in [0.25, 0.3) is 10.9 Å². The van der Waals surface area contributed by atoms with E-state index in [0.717, 1.165) is 11.1 Å². The molecule has 0 aliphatic carbocycles. The number of anilines is 1. The lowest BCUT2D eigenvalue weighted by atomic mass is 10.1. The van der Waals surface area contributed by atoms with E-state index in [1.54, 1.807) is 6.07 Å². The van der Waals surface area contributed by atoms with E-state index in [1.807, 2.05) is 31.2 Å². The van der Waals surface area contributed by atoms with Crippen LogP contribution in [-0.2, 0) is 0 Å². The van der Waals surface area contributed by atoms with Crippen LogP contribution in [0.2, 0.25) is 0 Å². The molecule has 1 amide bonds. The summed E-state index contributed by atoms with van der Waals surface area (Å²) < 4.78 is 13.5. The molecule has 1 aromatic carbocycles. The number of hydrogen-bond donors (Lipinski definition) is 1. The average Bonchev–Trinajstić information content (AvgIpc) is 2.48. The van der Waals surface area contributed by atoms with Crippen LogP contribution in [0.5, 0.6) is 0 Å². The van der Waals surface area contributed by atoms with Crippen LogP contribution >= 0.6 is 0 Å². The van der Waals surface area contributed by atoms with Crippen LogP contribution in [0.3, 0.4) is 0 Å². The molecule has 0 unspecified atom stereocenters. The number of nitrogens with zero attached hydrogens (tertiary/aromatic N) is 2. The van der Waals surface area contributed by atoms with Crippen molar-refractivity contribution in [3.63, 3.8) is 0 Å². The highest BCUT2D eigenvalue weighted by atomic mass is 19.1. The van der Waals surface area contributed by atoms with Crippen molar-refractivity contribution in [2.45, 2.75) is 6.92 Å². The van der Waals surface area contributed by atoms with Crippen molar-refractivity contribution < 1.29 is 9.18 Å². The number of halogens is 1. The molecule has 0 aliphatic heterocycles. The Morgan fingerprint density at radius 2 is 2.00 bits per heavy atom. The molecule has 0 saturated heterocycles. The molecule has 2 heterocycles. The lowest BCUT2D eigenvalue weighted by Gasteiger charge is -2.09. The largest absolute Gasteiger partial charge is 0.320 e. The quantitative estimate of drug-likeness (QED) is 0.733. The van der Waals surface area contributed by atoms with Gasteiger partial charge in [0.1, 0.15) is 0 Å². The predicted molar refractivity (Wildman–Crippen MR) is 78.6 cm³/mol. The Kier molecular flexibility index (Phi) is 3.31. The number of rotatable bonds is 2. The van der Waals surface area contributed by atoms with Crippen molar-refractivity contribution in [2.75, 3.05) is 5.32 Å². The molecular formula is C16H12FN3O. The van der Waals surface area contributed by atoms with E-state index in [-0.39, 0.29) is 5.56 Å². The molecule has 4 nitrogen and oxygen atoms in total. The smallest absolute Gasteiger partial charge is 0.260 e. The van der Waals surface area contributed by atoms with Gasteiger partial charge in [0, 0.05) is 17.3 Å². The normalized spacial score (nSPS) is 10.6. The third-order valence-corrected chi connectivity index (χ3v) is 3.11. The molecule has 0 bridgehead atoms. The van der Waals surface area contributed by atoms with Gasteiger partial charge >= 0.3 is 0 Å². The summed E-state index contributed by atoms with van der Waals surface area (Å²) in [5.41, 5.74) is 1.97. The summed E-state index contributed by atoms with van der Waals surface area (Å²) in [6, 6.07) is 12.2. The van der Waals surface area contributed by atoms with Gasteiger partial charge in [-0.3, -0.25) is 9.78 Å². The maximum Gasteiger partial charge on any atom is 0.260 e. The SMILES string of the molecule is Cc1ccc2cccc(NC(=O)c3cccnc3F)c2n1. The molecule has 21 heavy (non-hydrogen) atoms. The van der Waals surface area contributed by atoms with Crippen LogP contribution in [0.1, 0.15) is 16.1 Å². The second-order valence-corrected chi connectivity index (χ2v) is 4.63. The minimum absolute atomic E-state index is 0.0952. The summed E-state index contributed by atoms with van der Waals surface area (Å²) in [6.07, 6.45) is 1.30. The Morgan fingerprint density at radius 3 is 2.81 bits per heavy atom. The Morgan fingerprint density at radius 1 is 1.14 bits per heavy atom. The number of pyridine rings is 2. The molecule has 104 valence electrons. The Bertz CT molecular complexity index is 833. The maximum atomic E-state index is 13.5. The van der Waals surface area contributed by atoms with Gasteiger partial charge in [0.25, 0.3) is 5.91 Å². The minimum Gasteiger partial charge on any atom is -0.320 e. The fraction of sp³-hybridized carbons (Fsp3) is 0.0625. The van der Waals surface area contributed by atoms with Crippen LogP contribution < -0.4 is 5.32 Å². The van der Waals surface area contributed by atoms with Gasteiger partial charge in [0.05, 0.1) is 16.8 Å². The van der Waals surface area contributed by atoms with Gasteiger partial charge in [-0.15, -0.1) is 0 Å². The topological polar surface area (TPSA) is 54.9 Å². The third kappa shape index (κ3) is 2.58. The van der Waals surface area contributed by atoms with Gasteiger partial charge in [0.2, 0.25) is 5.95 Å². The zero-order valence-corrected chi connectivity index (χ0v) is 11.3. The fourth-order valence-electron chi connectivity index (χ4n) is 2.09. The highest BCUT2D eigenvalue weighted by molar-refractivity contribution is 6.08. The van der Waals surface area contributed by atoms with Crippen molar-refractivity contribution in [1.29, 1.82) is 0 Å². The van der Waals surface area contributed by atoms with Gasteiger partial charge in [-0.25, -0.2) is 4.98 Å². The molecule has 0 saturated carbocycles. The average molecular weight is 281 g/mol. The van der Waals surface area contributed by atoms with Crippen LogP contribution in [-0.4, -0.2) is 15.9 Å². The number of carbonyl (C=O) groups excluding carboxylic acids is 1. The third-order valence-electron chi connectivity index (χ3n) is 3.11. The zero-order chi connectivity index (χ0) is 14.8. The molecule has 5 heteroatoms. The highest BCUT2D eigenvalue weighted by Crippen LogP contribution is 2.22. The molecule has 0 atom stereocenters. The lowest BCUT2D eigenvalue weighted by molar-refractivity contribution is 0.102. The second-order valence-electron chi connectivity index (χ2n) is 4.63. The highest BCUT2D eigenvalue weighted by Gasteiger charge is 2.13. The number of para-hydroxylation sites is 1. The lowest BCUT2D eigenvalue weighted by Crippen LogP contribution is -2.14. The van der Waals surface area contributed by atoms with E-state index in [4.69, 9.17) is 0 Å². The summed E-state index contributed by atoms with van der Waals surface area (Å²) >= 11 is 0. The van der Waals surface area contributed by atoms with E-state index < -0.39 is 11.9 Å². The van der Waals surface area contributed by atoms with Crippen molar-refractivity contribution in [3.05, 3.63) is 65.9 Å². The molecule has 0 spiro atoms. The Balaban J connectivity index is 2.00. The minimum atomic E-state index is -0.792. The number of fused-ring (bicyclic) bond motifs is 1. The molecule has 1 N–H and O–H groups in total. The molecule has 0 fully saturated rings. The van der Waals surface area contributed by atoms with Gasteiger partial charge in [-0.05, 0) is 31.2 Å². The summed E-state index contributed by atoms with van der Waals surface area (Å²) in [5.74, 6) is -1.34. The summed E-state index contributed by atoms with van der Waals surface area (Å²) in [5, 5.41) is 3.60. The van der Waals surface area contributed by atoms with Crippen molar-refractivity contribution in [2.24, 2.45) is 0 Å². The number of aryl methyl sites for hydroxylation is 1. The first kappa shape index (κ1) is 13.2. The first-order valence-corrected chi connectivity index (χ1v) is 6.43. The summed E-state index contributed by atoms with van der Waals surface area (Å²) in [7, 11) is 0. The zero-order valence-electron chi connectivity index (χ0n) is 11.3. The van der Waals surface area contributed by atoms with Gasteiger partial charge < -0.3 is 5.32 Å². The van der Waals surface area contributed by atoms with E-state index in [2.05, 4.69) is 15.3 Å². The first-order valence-electron chi connectivity index (χ1n) is 6.43. The van der Waals surface area contributed by atoms with Crippen LogP contribution in [0, 0.1) is 12.9 Å². The van der Waals surface area contributed by atoms with E-state index in [1.165, 1.54) is 18.3 Å². The van der Waals surface area contributed by atoms with E-state index in [0.29, 0.717) is 11.2 Å². The van der Waals surface area contributed by atoms with Crippen molar-refractivity contribution >= 4 is 22.5 Å². The standard InChI is InChI=1S/C16H12FN3O/c1-10-7-8-11-4-2-6-13(14(11)19-10)20-16(21)12-5-3-9-18-15(12)17/h2-9H,1H3,(H,20,21). The van der Waals surface area contributed by atoms with Gasteiger partial charge in [0.15, 0.2) is 0 Å².